The number of ether oxygens (including phenoxy) is 2. The summed E-state index contributed by atoms with van der Waals surface area (Å²) in [5.74, 6) is 0.558. The van der Waals surface area contributed by atoms with Gasteiger partial charge in [0.25, 0.3) is 5.91 Å². The summed E-state index contributed by atoms with van der Waals surface area (Å²) in [4.78, 5) is 23.8. The molecule has 0 spiro atoms. The fourth-order valence-corrected chi connectivity index (χ4v) is 2.48. The number of carbonyl (C=O) groups is 2. The van der Waals surface area contributed by atoms with Crippen LogP contribution >= 0.6 is 0 Å². The molecular weight excluding hydrogens is 332 g/mol. The van der Waals surface area contributed by atoms with E-state index in [0.717, 1.165) is 18.4 Å². The SMILES string of the molecule is CCCCCCCNC(=O)C(=Cc1ccc(OC)c(OC)c1)NC(C)=O. The Morgan fingerprint density at radius 2 is 1.73 bits per heavy atom. The first-order valence-corrected chi connectivity index (χ1v) is 9.01. The first-order valence-electron chi connectivity index (χ1n) is 9.01. The Morgan fingerprint density at radius 1 is 1.04 bits per heavy atom. The Hall–Kier alpha value is -2.50. The molecule has 0 aromatic heterocycles. The summed E-state index contributed by atoms with van der Waals surface area (Å²) in [5.41, 5.74) is 0.933. The monoisotopic (exact) mass is 362 g/mol. The van der Waals surface area contributed by atoms with E-state index >= 15 is 0 Å². The Morgan fingerprint density at radius 3 is 2.35 bits per heavy atom. The summed E-state index contributed by atoms with van der Waals surface area (Å²) >= 11 is 0. The van der Waals surface area contributed by atoms with Crippen molar-refractivity contribution in [2.75, 3.05) is 20.8 Å². The molecule has 2 N–H and O–H groups in total. The molecule has 2 amide bonds. The summed E-state index contributed by atoms with van der Waals surface area (Å²) in [6.07, 6.45) is 7.21. The Bertz CT molecular complexity index is 626. The van der Waals surface area contributed by atoms with E-state index in [9.17, 15) is 9.59 Å². The zero-order valence-electron chi connectivity index (χ0n) is 16.2. The molecule has 0 fully saturated rings. The fourth-order valence-electron chi connectivity index (χ4n) is 2.48. The third kappa shape index (κ3) is 7.59. The second kappa shape index (κ2) is 12.0. The van der Waals surface area contributed by atoms with Crippen LogP contribution in [0.5, 0.6) is 11.5 Å². The smallest absolute Gasteiger partial charge is 0.267 e. The molecule has 0 saturated heterocycles. The second-order valence-corrected chi connectivity index (χ2v) is 6.02. The van der Waals surface area contributed by atoms with Gasteiger partial charge in [-0.05, 0) is 30.2 Å². The highest BCUT2D eigenvalue weighted by molar-refractivity contribution is 6.00. The van der Waals surface area contributed by atoms with E-state index in [4.69, 9.17) is 9.47 Å². The van der Waals surface area contributed by atoms with Gasteiger partial charge in [-0.3, -0.25) is 9.59 Å². The lowest BCUT2D eigenvalue weighted by Gasteiger charge is -2.11. The van der Waals surface area contributed by atoms with E-state index in [1.54, 1.807) is 38.5 Å². The number of nitrogens with one attached hydrogen (secondary N) is 2. The van der Waals surface area contributed by atoms with E-state index in [0.29, 0.717) is 18.0 Å². The van der Waals surface area contributed by atoms with Gasteiger partial charge in [0, 0.05) is 13.5 Å². The number of benzene rings is 1. The quantitative estimate of drug-likeness (QED) is 0.468. The van der Waals surface area contributed by atoms with Crippen molar-refractivity contribution in [3.8, 4) is 11.5 Å². The van der Waals surface area contributed by atoms with Crippen molar-refractivity contribution in [1.82, 2.24) is 10.6 Å². The normalized spacial score (nSPS) is 11.0. The van der Waals surface area contributed by atoms with Crippen LogP contribution in [0.25, 0.3) is 6.08 Å². The summed E-state index contributed by atoms with van der Waals surface area (Å²) < 4.78 is 10.5. The molecule has 6 heteroatoms. The maximum Gasteiger partial charge on any atom is 0.267 e. The molecule has 144 valence electrons. The lowest BCUT2D eigenvalue weighted by Crippen LogP contribution is -2.34. The molecule has 0 aliphatic rings. The van der Waals surface area contributed by atoms with E-state index < -0.39 is 0 Å². The highest BCUT2D eigenvalue weighted by Crippen LogP contribution is 2.28. The summed E-state index contributed by atoms with van der Waals surface area (Å²) in [7, 11) is 3.11. The Kier molecular flexibility index (Phi) is 9.90. The highest BCUT2D eigenvalue weighted by atomic mass is 16.5. The van der Waals surface area contributed by atoms with Crippen LogP contribution < -0.4 is 20.1 Å². The number of amides is 2. The molecule has 0 atom stereocenters. The van der Waals surface area contributed by atoms with E-state index in [1.165, 1.54) is 26.2 Å². The number of methoxy groups -OCH3 is 2. The van der Waals surface area contributed by atoms with E-state index in [-0.39, 0.29) is 17.5 Å². The number of hydrogen-bond acceptors (Lipinski definition) is 4. The standard InChI is InChI=1S/C20H30N2O4/c1-5-6-7-8-9-12-21-20(24)17(22-15(2)23)13-16-10-11-18(25-3)19(14-16)26-4/h10-11,13-14H,5-9,12H2,1-4H3,(H,21,24)(H,22,23). The third-order valence-electron chi connectivity index (χ3n) is 3.84. The molecule has 0 aliphatic heterocycles. The van der Waals surface area contributed by atoms with Crippen LogP contribution in [0.1, 0.15) is 51.5 Å². The molecule has 0 saturated carbocycles. The van der Waals surface area contributed by atoms with Crippen molar-refractivity contribution in [2.45, 2.75) is 46.0 Å². The van der Waals surface area contributed by atoms with E-state index in [1.807, 2.05) is 0 Å². The molecule has 1 rings (SSSR count). The van der Waals surface area contributed by atoms with Crippen LogP contribution in [0, 0.1) is 0 Å². The lowest BCUT2D eigenvalue weighted by atomic mass is 10.1. The minimum absolute atomic E-state index is 0.207. The summed E-state index contributed by atoms with van der Waals surface area (Å²) in [5, 5.41) is 5.45. The van der Waals surface area contributed by atoms with Crippen molar-refractivity contribution in [3.05, 3.63) is 29.5 Å². The molecule has 1 aromatic rings. The van der Waals surface area contributed by atoms with Gasteiger partial charge >= 0.3 is 0 Å². The van der Waals surface area contributed by atoms with Gasteiger partial charge in [-0.15, -0.1) is 0 Å². The van der Waals surface area contributed by atoms with Gasteiger partial charge in [0.2, 0.25) is 5.91 Å². The van der Waals surface area contributed by atoms with Gasteiger partial charge in [0.05, 0.1) is 14.2 Å². The summed E-state index contributed by atoms with van der Waals surface area (Å²) in [6, 6.07) is 5.29. The van der Waals surface area contributed by atoms with Crippen LogP contribution in [0.15, 0.2) is 23.9 Å². The molecule has 0 heterocycles. The minimum Gasteiger partial charge on any atom is -0.493 e. The molecule has 0 bridgehead atoms. The van der Waals surface area contributed by atoms with Crippen LogP contribution in [0.4, 0.5) is 0 Å². The number of hydrogen-bond donors (Lipinski definition) is 2. The average Bonchev–Trinajstić information content (AvgIpc) is 2.63. The van der Waals surface area contributed by atoms with Gasteiger partial charge in [0.15, 0.2) is 11.5 Å². The highest BCUT2D eigenvalue weighted by Gasteiger charge is 2.12. The zero-order valence-corrected chi connectivity index (χ0v) is 16.2. The van der Waals surface area contributed by atoms with Crippen molar-refractivity contribution >= 4 is 17.9 Å². The van der Waals surface area contributed by atoms with Crippen molar-refractivity contribution in [1.29, 1.82) is 0 Å². The van der Waals surface area contributed by atoms with Gasteiger partial charge < -0.3 is 20.1 Å². The number of carbonyl (C=O) groups excluding carboxylic acids is 2. The molecule has 0 radical (unpaired) electrons. The van der Waals surface area contributed by atoms with Gasteiger partial charge in [-0.2, -0.15) is 0 Å². The van der Waals surface area contributed by atoms with Crippen LogP contribution in [-0.4, -0.2) is 32.6 Å². The van der Waals surface area contributed by atoms with Gasteiger partial charge in [-0.25, -0.2) is 0 Å². The van der Waals surface area contributed by atoms with Crippen molar-refractivity contribution < 1.29 is 19.1 Å². The fraction of sp³-hybridized carbons (Fsp3) is 0.500. The van der Waals surface area contributed by atoms with Crippen LogP contribution in [0.3, 0.4) is 0 Å². The van der Waals surface area contributed by atoms with Crippen LogP contribution in [-0.2, 0) is 9.59 Å². The predicted molar refractivity (Wildman–Crippen MR) is 103 cm³/mol. The predicted octanol–water partition coefficient (Wildman–Crippen LogP) is 3.27. The Balaban J connectivity index is 2.80. The minimum atomic E-state index is -0.300. The van der Waals surface area contributed by atoms with E-state index in [2.05, 4.69) is 17.6 Å². The lowest BCUT2D eigenvalue weighted by molar-refractivity contribution is -0.122. The van der Waals surface area contributed by atoms with Gasteiger partial charge in [-0.1, -0.05) is 38.7 Å². The zero-order chi connectivity index (χ0) is 19.4. The largest absolute Gasteiger partial charge is 0.493 e. The van der Waals surface area contributed by atoms with Crippen molar-refractivity contribution in [2.24, 2.45) is 0 Å². The third-order valence-corrected chi connectivity index (χ3v) is 3.84. The van der Waals surface area contributed by atoms with Gasteiger partial charge in [0.1, 0.15) is 5.70 Å². The topological polar surface area (TPSA) is 76.7 Å². The maximum absolute atomic E-state index is 12.4. The maximum atomic E-state index is 12.4. The first-order chi connectivity index (χ1) is 12.5. The molecule has 0 unspecified atom stereocenters. The Labute approximate surface area is 156 Å². The van der Waals surface area contributed by atoms with Crippen LogP contribution in [0.2, 0.25) is 0 Å². The molecular formula is C20H30N2O4. The first kappa shape index (κ1) is 21.5. The molecule has 26 heavy (non-hydrogen) atoms. The molecule has 6 nitrogen and oxygen atoms in total. The molecule has 1 aromatic carbocycles. The summed E-state index contributed by atoms with van der Waals surface area (Å²) in [6.45, 7) is 4.13. The number of rotatable bonds is 11. The average molecular weight is 362 g/mol. The second-order valence-electron chi connectivity index (χ2n) is 6.02. The molecule has 0 aliphatic carbocycles. The van der Waals surface area contributed by atoms with Crippen molar-refractivity contribution in [3.63, 3.8) is 0 Å². The number of unbranched alkanes of at least 4 members (excludes halogenated alkanes) is 4.